The molecular weight excluding hydrogens is 384 g/mol. The second-order valence-corrected chi connectivity index (χ2v) is 7.15. The molecule has 3 aromatic rings. The molecule has 3 rings (SSSR count). The number of carbonyl (C=O) groups excluding carboxylic acids is 1. The number of carbonyl (C=O) groups is 1. The minimum Gasteiger partial charge on any atom is -0.480 e. The Morgan fingerprint density at radius 3 is 2.76 bits per heavy atom. The summed E-state index contributed by atoms with van der Waals surface area (Å²) in [5.74, 6) is 2.98. The molecule has 0 saturated heterocycles. The molecule has 146 valence electrons. The van der Waals surface area contributed by atoms with Crippen LogP contribution in [-0.4, -0.2) is 34.4 Å². The van der Waals surface area contributed by atoms with Crippen LogP contribution in [0.25, 0.3) is 10.8 Å². The maximum absolute atomic E-state index is 12.1. The second kappa shape index (κ2) is 9.71. The molecule has 1 aromatic heterocycles. The van der Waals surface area contributed by atoms with E-state index in [9.17, 15) is 4.79 Å². The van der Waals surface area contributed by atoms with Crippen LogP contribution >= 0.6 is 11.8 Å². The lowest BCUT2D eigenvalue weighted by Gasteiger charge is -2.09. The number of hydrazone groups is 1. The highest BCUT2D eigenvalue weighted by Gasteiger charge is 2.08. The molecule has 0 fully saturated rings. The number of benzene rings is 2. The molecule has 0 saturated carbocycles. The topological polar surface area (TPSA) is 76.5 Å². The van der Waals surface area contributed by atoms with Gasteiger partial charge in [0.05, 0.1) is 12.0 Å². The number of terminal acetylenes is 1. The van der Waals surface area contributed by atoms with E-state index in [1.165, 1.54) is 11.8 Å². The van der Waals surface area contributed by atoms with Crippen LogP contribution < -0.4 is 10.2 Å². The SMILES string of the molecule is C#CCOc1ccc2ccccc2c1/C=N\NC(=O)CSc1nc(C)cc(C)n1. The highest BCUT2D eigenvalue weighted by atomic mass is 32.2. The van der Waals surface area contributed by atoms with Crippen LogP contribution in [0.4, 0.5) is 0 Å². The maximum atomic E-state index is 12.1. The number of rotatable bonds is 7. The van der Waals surface area contributed by atoms with Gasteiger partial charge in [-0.1, -0.05) is 48.0 Å². The van der Waals surface area contributed by atoms with Crippen LogP contribution in [0.3, 0.4) is 0 Å². The maximum Gasteiger partial charge on any atom is 0.250 e. The number of hydrogen-bond donors (Lipinski definition) is 1. The summed E-state index contributed by atoms with van der Waals surface area (Å²) in [4.78, 5) is 20.8. The zero-order valence-corrected chi connectivity index (χ0v) is 17.0. The zero-order chi connectivity index (χ0) is 20.6. The van der Waals surface area contributed by atoms with Crippen LogP contribution in [0.5, 0.6) is 5.75 Å². The number of amides is 1. The second-order valence-electron chi connectivity index (χ2n) is 6.21. The Kier molecular flexibility index (Phi) is 6.82. The summed E-state index contributed by atoms with van der Waals surface area (Å²) < 4.78 is 5.62. The van der Waals surface area contributed by atoms with E-state index >= 15 is 0 Å². The number of ether oxygens (including phenoxy) is 1. The lowest BCUT2D eigenvalue weighted by atomic mass is 10.0. The van der Waals surface area contributed by atoms with Gasteiger partial charge in [0.1, 0.15) is 12.4 Å². The van der Waals surface area contributed by atoms with E-state index < -0.39 is 0 Å². The van der Waals surface area contributed by atoms with Gasteiger partial charge in [-0.3, -0.25) is 4.79 Å². The van der Waals surface area contributed by atoms with Crippen LogP contribution in [-0.2, 0) is 4.79 Å². The first kappa shape index (κ1) is 20.4. The third-order valence-corrected chi connectivity index (χ3v) is 4.77. The largest absolute Gasteiger partial charge is 0.480 e. The predicted octanol–water partition coefficient (Wildman–Crippen LogP) is 3.50. The van der Waals surface area contributed by atoms with Crippen LogP contribution in [0, 0.1) is 26.2 Å². The first-order valence-electron chi connectivity index (χ1n) is 8.92. The first-order chi connectivity index (χ1) is 14.1. The normalized spacial score (nSPS) is 10.8. The molecule has 1 heterocycles. The van der Waals surface area contributed by atoms with Gasteiger partial charge in [-0.25, -0.2) is 15.4 Å². The molecule has 1 N–H and O–H groups in total. The molecule has 0 radical (unpaired) electrons. The molecule has 0 unspecified atom stereocenters. The van der Waals surface area contributed by atoms with Crippen molar-refractivity contribution < 1.29 is 9.53 Å². The fourth-order valence-electron chi connectivity index (χ4n) is 2.74. The van der Waals surface area contributed by atoms with Crippen LogP contribution in [0.15, 0.2) is 52.7 Å². The number of nitrogens with one attached hydrogen (secondary N) is 1. The number of thioether (sulfide) groups is 1. The lowest BCUT2D eigenvalue weighted by Crippen LogP contribution is -2.20. The standard InChI is InChI=1S/C22H20N4O2S/c1-4-11-28-20-10-9-17-7-5-6-8-18(17)19(20)13-23-26-21(27)14-29-22-24-15(2)12-16(3)25-22/h1,5-10,12-13H,11,14H2,2-3H3,(H,26,27)/b23-13-. The summed E-state index contributed by atoms with van der Waals surface area (Å²) in [6.07, 6.45) is 6.87. The smallest absolute Gasteiger partial charge is 0.250 e. The molecule has 0 bridgehead atoms. The van der Waals surface area contributed by atoms with Crippen molar-refractivity contribution in [2.45, 2.75) is 19.0 Å². The van der Waals surface area contributed by atoms with Crippen molar-refractivity contribution in [2.24, 2.45) is 5.10 Å². The molecule has 7 heteroatoms. The average molecular weight is 404 g/mol. The van der Waals surface area contributed by atoms with Crippen molar-refractivity contribution in [3.63, 3.8) is 0 Å². The number of aryl methyl sites for hydroxylation is 2. The van der Waals surface area contributed by atoms with Gasteiger partial charge in [0.2, 0.25) is 0 Å². The predicted molar refractivity (Wildman–Crippen MR) is 116 cm³/mol. The summed E-state index contributed by atoms with van der Waals surface area (Å²) in [6, 6.07) is 13.5. The van der Waals surface area contributed by atoms with E-state index in [1.807, 2.05) is 56.3 Å². The average Bonchev–Trinajstić information content (AvgIpc) is 2.70. The van der Waals surface area contributed by atoms with Crippen molar-refractivity contribution in [3.05, 3.63) is 59.4 Å². The molecule has 0 spiro atoms. The Hall–Kier alpha value is -3.37. The van der Waals surface area contributed by atoms with Crippen LogP contribution in [0.1, 0.15) is 17.0 Å². The van der Waals surface area contributed by atoms with Crippen molar-refractivity contribution >= 4 is 34.7 Å². The van der Waals surface area contributed by atoms with E-state index in [4.69, 9.17) is 11.2 Å². The van der Waals surface area contributed by atoms with Gasteiger partial charge in [0, 0.05) is 17.0 Å². The Labute approximate surface area is 173 Å². The summed E-state index contributed by atoms with van der Waals surface area (Å²) in [5.41, 5.74) is 5.03. The molecule has 6 nitrogen and oxygen atoms in total. The van der Waals surface area contributed by atoms with E-state index in [-0.39, 0.29) is 18.3 Å². The van der Waals surface area contributed by atoms with Gasteiger partial charge in [-0.15, -0.1) is 6.42 Å². The molecule has 0 aliphatic rings. The van der Waals surface area contributed by atoms with Crippen molar-refractivity contribution in [1.29, 1.82) is 0 Å². The van der Waals surface area contributed by atoms with E-state index in [0.717, 1.165) is 27.7 Å². The Bertz CT molecular complexity index is 1090. The molecule has 0 atom stereocenters. The summed E-state index contributed by atoms with van der Waals surface area (Å²) in [6.45, 7) is 3.94. The molecule has 0 aliphatic heterocycles. The van der Waals surface area contributed by atoms with Crippen molar-refractivity contribution in [2.75, 3.05) is 12.4 Å². The fraction of sp³-hybridized carbons (Fsp3) is 0.182. The van der Waals surface area contributed by atoms with Gasteiger partial charge in [-0.2, -0.15) is 5.10 Å². The van der Waals surface area contributed by atoms with Crippen molar-refractivity contribution in [1.82, 2.24) is 15.4 Å². The fourth-order valence-corrected chi connectivity index (χ4v) is 3.49. The van der Waals surface area contributed by atoms with Gasteiger partial charge in [0.15, 0.2) is 5.16 Å². The Morgan fingerprint density at radius 2 is 2.00 bits per heavy atom. The molecule has 2 aromatic carbocycles. The number of aromatic nitrogens is 2. The van der Waals surface area contributed by atoms with Crippen LogP contribution in [0.2, 0.25) is 0 Å². The molecule has 0 aliphatic carbocycles. The minimum absolute atomic E-state index is 0.151. The third-order valence-electron chi connectivity index (χ3n) is 3.92. The highest BCUT2D eigenvalue weighted by Crippen LogP contribution is 2.26. The summed E-state index contributed by atoms with van der Waals surface area (Å²) in [7, 11) is 0. The molecular formula is C22H20N4O2S. The highest BCUT2D eigenvalue weighted by molar-refractivity contribution is 7.99. The minimum atomic E-state index is -0.250. The lowest BCUT2D eigenvalue weighted by molar-refractivity contribution is -0.118. The van der Waals surface area contributed by atoms with Crippen molar-refractivity contribution in [3.8, 4) is 18.1 Å². The summed E-state index contributed by atoms with van der Waals surface area (Å²) in [5, 5.41) is 6.66. The van der Waals surface area contributed by atoms with Gasteiger partial charge in [-0.05, 0) is 36.8 Å². The van der Waals surface area contributed by atoms with E-state index in [0.29, 0.717) is 10.9 Å². The van der Waals surface area contributed by atoms with Gasteiger partial charge in [0.25, 0.3) is 5.91 Å². The monoisotopic (exact) mass is 404 g/mol. The van der Waals surface area contributed by atoms with E-state index in [2.05, 4.69) is 26.4 Å². The quantitative estimate of drug-likeness (QED) is 0.214. The van der Waals surface area contributed by atoms with Gasteiger partial charge >= 0.3 is 0 Å². The third kappa shape index (κ3) is 5.56. The number of hydrogen-bond acceptors (Lipinski definition) is 6. The Balaban J connectivity index is 1.69. The number of nitrogens with zero attached hydrogens (tertiary/aromatic N) is 3. The zero-order valence-electron chi connectivity index (χ0n) is 16.2. The molecule has 29 heavy (non-hydrogen) atoms. The first-order valence-corrected chi connectivity index (χ1v) is 9.90. The Morgan fingerprint density at radius 1 is 1.24 bits per heavy atom. The molecule has 1 amide bonds. The number of fused-ring (bicyclic) bond motifs is 1. The summed E-state index contributed by atoms with van der Waals surface area (Å²) >= 11 is 1.26. The van der Waals surface area contributed by atoms with Gasteiger partial charge < -0.3 is 4.74 Å². The van der Waals surface area contributed by atoms with E-state index in [1.54, 1.807) is 6.21 Å².